The summed E-state index contributed by atoms with van der Waals surface area (Å²) in [6, 6.07) is 53.1. The summed E-state index contributed by atoms with van der Waals surface area (Å²) in [4.78, 5) is 66.3. The first-order valence-electron chi connectivity index (χ1n) is 41.1. The molecule has 4 atom stereocenters. The van der Waals surface area contributed by atoms with Crippen LogP contribution in [0.15, 0.2) is 268 Å². The fraction of sp³-hybridized carbons (Fsp3) is 0.184. The Hall–Kier alpha value is -14.8. The van der Waals surface area contributed by atoms with E-state index in [0.717, 1.165) is 68.6 Å². The van der Waals surface area contributed by atoms with E-state index in [9.17, 15) is 102 Å². The predicted molar refractivity (Wildman–Crippen MR) is 549 cm³/mol. The summed E-state index contributed by atoms with van der Waals surface area (Å²) in [6.07, 6.45) is 23.1. The SMILES string of the molecule is C.C.C.Cc1ccc(C=NC2CCCCC2N=Cc2ccc(O)cc2O)c(O)c1.Cc1ccc(C=Nc2cc(C(=O)O)ccc2N=Cc2ccc(O)cc2O)c(O)c1.O.O.O.O.O.O.O=C(O)c1ccc(N=Cc2ccc(O)cc2O)c(N=Cc2ccc(O)cc2O)c1.Oc1ccc(C=NC2CCCCC2N=Cc2ccc(O)cc2O)c(O)c1.Oc1ccc(C=NCCN=Cc2ccc(O)cc2O)c(O)c1.[Co].[Co].[Co].[Zn].[Zn]. The van der Waals surface area contributed by atoms with Gasteiger partial charge in [-0.1, -0.05) is 60.1 Å². The van der Waals surface area contributed by atoms with E-state index in [-0.39, 0.29) is 295 Å². The second-order valence-corrected chi connectivity index (χ2v) is 30.1. The smallest absolute Gasteiger partial charge is 0.335 e. The minimum absolute atomic E-state index is 0. The van der Waals surface area contributed by atoms with Crippen molar-refractivity contribution in [3.05, 3.63) is 296 Å². The number of hydrogen-bond donors (Lipinski definition) is 20. The van der Waals surface area contributed by atoms with Crippen molar-refractivity contribution in [2.45, 2.75) is 112 Å². The van der Waals surface area contributed by atoms with Gasteiger partial charge in [-0.3, -0.25) is 49.9 Å². The van der Waals surface area contributed by atoms with E-state index in [4.69, 9.17) is 10.2 Å². The number of aryl methyl sites for hydroxylation is 2. The number of carboxylic acids is 2. The van der Waals surface area contributed by atoms with Crippen LogP contribution in [-0.4, -0.2) is 246 Å². The van der Waals surface area contributed by atoms with Crippen LogP contribution < -0.4 is 0 Å². The molecule has 781 valence electrons. The summed E-state index contributed by atoms with van der Waals surface area (Å²) in [7, 11) is 0. The molecule has 2 aliphatic carbocycles. The molecule has 0 heterocycles. The molecule has 0 spiro atoms. The van der Waals surface area contributed by atoms with E-state index in [1.165, 1.54) is 183 Å². The number of carbonyl (C=O) groups is 2. The van der Waals surface area contributed by atoms with Gasteiger partial charge in [0.15, 0.2) is 0 Å². The van der Waals surface area contributed by atoms with Crippen LogP contribution in [-0.2, 0) is 89.3 Å². The Morgan fingerprint density at radius 2 is 0.425 bits per heavy atom. The van der Waals surface area contributed by atoms with E-state index >= 15 is 0 Å². The third kappa shape index (κ3) is 43.8. The minimum Gasteiger partial charge on any atom is -0.508 e. The molecular weight excluding hydrogens is 2130 g/mol. The van der Waals surface area contributed by atoms with Crippen LogP contribution in [0.3, 0.4) is 0 Å². The molecule has 3 radical (unpaired) electrons. The molecule has 0 bridgehead atoms. The zero-order chi connectivity index (χ0) is 94.9. The van der Waals surface area contributed by atoms with Crippen LogP contribution in [0, 0.1) is 13.8 Å². The maximum atomic E-state index is 11.3. The fourth-order valence-electron chi connectivity index (χ4n) is 13.0. The van der Waals surface area contributed by atoms with Crippen molar-refractivity contribution in [3.8, 4) is 103 Å². The Bertz CT molecular complexity index is 5940. The Kier molecular flexibility index (Phi) is 66.2. The first kappa shape index (κ1) is 140. The Morgan fingerprint density at radius 1 is 0.247 bits per heavy atom. The summed E-state index contributed by atoms with van der Waals surface area (Å²) in [5, 5.41) is 191. The molecule has 12 aromatic carbocycles. The number of phenolic OH excluding ortho intramolecular Hbond substituents is 18. The molecule has 0 saturated heterocycles. The first-order valence-corrected chi connectivity index (χ1v) is 41.1. The van der Waals surface area contributed by atoms with Gasteiger partial charge in [0.05, 0.1) is 71.1 Å². The predicted octanol–water partition coefficient (Wildman–Crippen LogP) is 14.3. The molecule has 0 aromatic heterocycles. The van der Waals surface area contributed by atoms with E-state index in [1.807, 2.05) is 32.0 Å². The van der Waals surface area contributed by atoms with Crippen LogP contribution in [0.25, 0.3) is 0 Å². The van der Waals surface area contributed by atoms with Crippen LogP contribution in [0.2, 0.25) is 0 Å². The van der Waals surface area contributed by atoms with Gasteiger partial charge in [0.2, 0.25) is 0 Å². The third-order valence-corrected chi connectivity index (χ3v) is 20.1. The topological polar surface area (TPSA) is 751 Å². The molecule has 4 unspecified atom stereocenters. The molecule has 14 rings (SSSR count). The van der Waals surface area contributed by atoms with Crippen molar-refractivity contribution in [1.82, 2.24) is 0 Å². The monoisotopic (exact) mass is 2250 g/mol. The number of aliphatic imine (C=N–C) groups is 10. The summed E-state index contributed by atoms with van der Waals surface area (Å²) in [6.45, 7) is 4.61. The van der Waals surface area contributed by atoms with Gasteiger partial charge in [-0.15, -0.1) is 0 Å². The van der Waals surface area contributed by atoms with Crippen molar-refractivity contribution in [2.24, 2.45) is 49.9 Å². The Balaban J connectivity index is -0.000000556. The van der Waals surface area contributed by atoms with Gasteiger partial charge in [0, 0.05) is 256 Å². The number of phenols is 18. The maximum Gasteiger partial charge on any atom is 0.335 e. The first-order chi connectivity index (χ1) is 63.3. The summed E-state index contributed by atoms with van der Waals surface area (Å²) >= 11 is 0. The molecule has 38 nitrogen and oxygen atoms in total. The zero-order valence-electron chi connectivity index (χ0n) is 76.6. The largest absolute Gasteiger partial charge is 0.508 e. The average Bonchev–Trinajstić information content (AvgIpc) is 0.835. The number of rotatable bonds is 23. The summed E-state index contributed by atoms with van der Waals surface area (Å²) in [5.41, 5.74) is 8.02. The van der Waals surface area contributed by atoms with Crippen molar-refractivity contribution in [2.75, 3.05) is 13.1 Å². The molecule has 2 fully saturated rings. The number of carboxylic acid groups (broad SMARTS) is 2. The minimum atomic E-state index is -1.14. The molecule has 146 heavy (non-hydrogen) atoms. The molecular formula is C103H120Co3N10O28Zn2. The van der Waals surface area contributed by atoms with Crippen molar-refractivity contribution in [3.63, 3.8) is 0 Å². The van der Waals surface area contributed by atoms with Crippen molar-refractivity contribution < 1.29 is 234 Å². The van der Waals surface area contributed by atoms with Gasteiger partial charge in [-0.2, -0.15) is 0 Å². The van der Waals surface area contributed by atoms with Gasteiger partial charge in [-0.25, -0.2) is 9.59 Å². The standard InChI is InChI=1S/C22H18N2O5.C21H16N2O6.C21H24N2O3.C20H22N2O4.C16H16N2O4.3CH4.3Co.6H2O.2Zn/c1-13-2-3-15(20(26)8-13)12-24-19-9-14(22(28)29)5-7-18(19)23-11-16-4-6-17(25)10-21(16)27;24-15-4-1-13(19(26)8-15)10-22-17-6-3-12(21(28)29)7-18(17)23-11-14-2-5-16(25)9-20(14)27;1-14-6-7-15(20(25)10-14)12-22-18-4-2-3-5-19(18)23-13-16-8-9-17(24)11-21(16)26;23-15-7-5-13(19(25)9-15)11-21-17-3-1-2-4-18(17)22-12-14-6-8-16(24)10-20(14)26;19-13-3-1-11(15(21)7-13)9-17-5-6-18-10-12-2-4-14(20)8-16(12)22;;;;;;;;;;;;;;/h2-12,25-27H,1H3,(H,28,29);1-11,24-27H,(H,28,29);6-13,18-19,24-26H,2-5H2,1H3;5-12,17-18,23-26H,1-4H2;1-4,7-10,19-22H,5-6H2;3*1H4;;;;6*1H2;;. The van der Waals surface area contributed by atoms with E-state index < -0.39 is 11.9 Å². The van der Waals surface area contributed by atoms with Crippen molar-refractivity contribution >= 4 is 96.8 Å². The van der Waals surface area contributed by atoms with Crippen molar-refractivity contribution in [1.29, 1.82) is 0 Å². The fourth-order valence-corrected chi connectivity index (χ4v) is 13.0. The zero-order valence-corrected chi connectivity index (χ0v) is 85.6. The van der Waals surface area contributed by atoms with Gasteiger partial charge in [0.1, 0.15) is 103 Å². The van der Waals surface area contributed by atoms with Gasteiger partial charge < -0.3 is 135 Å². The van der Waals surface area contributed by atoms with Crippen LogP contribution in [0.1, 0.15) is 161 Å². The van der Waals surface area contributed by atoms with Crippen LogP contribution in [0.5, 0.6) is 103 Å². The van der Waals surface area contributed by atoms with Crippen LogP contribution in [0.4, 0.5) is 22.7 Å². The summed E-state index contributed by atoms with van der Waals surface area (Å²) in [5.74, 6) is -2.81. The van der Waals surface area contributed by atoms with Gasteiger partial charge >= 0.3 is 11.9 Å². The molecule has 0 aliphatic heterocycles. The molecule has 32 N–H and O–H groups in total. The molecule has 43 heteroatoms. The quantitative estimate of drug-likeness (QED) is 0.0161. The number of aromatic hydroxyl groups is 18. The summed E-state index contributed by atoms with van der Waals surface area (Å²) < 4.78 is 0. The molecule has 2 aliphatic rings. The number of benzene rings is 12. The van der Waals surface area contributed by atoms with E-state index in [0.29, 0.717) is 80.1 Å². The molecule has 0 amide bonds. The molecule has 2 saturated carbocycles. The number of nitrogens with zero attached hydrogens (tertiary/aromatic N) is 10. The van der Waals surface area contributed by atoms with Gasteiger partial charge in [0.25, 0.3) is 0 Å². The molecule has 12 aromatic rings. The normalized spacial score (nSPS) is 13.6. The Labute approximate surface area is 898 Å². The second kappa shape index (κ2) is 69.2. The second-order valence-electron chi connectivity index (χ2n) is 30.1. The number of hydrogen-bond acceptors (Lipinski definition) is 30. The number of aromatic carboxylic acids is 2. The van der Waals surface area contributed by atoms with Gasteiger partial charge in [-0.05, 0) is 208 Å². The average molecular weight is 2250 g/mol. The van der Waals surface area contributed by atoms with Crippen LogP contribution >= 0.6 is 0 Å². The third-order valence-electron chi connectivity index (χ3n) is 20.1. The maximum absolute atomic E-state index is 11.3. The van der Waals surface area contributed by atoms with E-state index in [2.05, 4.69) is 49.9 Å². The van der Waals surface area contributed by atoms with E-state index in [1.54, 1.807) is 73.4 Å². The Morgan fingerprint density at radius 3 is 0.616 bits per heavy atom.